The second-order valence-corrected chi connectivity index (χ2v) is 11.2. The third kappa shape index (κ3) is 2.57. The first kappa shape index (κ1) is 18.7. The molecule has 1 atom stereocenters. The van der Waals surface area contributed by atoms with Gasteiger partial charge in [-0.1, -0.05) is 50.2 Å². The molecule has 3 aliphatic heterocycles. The summed E-state index contributed by atoms with van der Waals surface area (Å²) in [5.74, 6) is 0. The molecule has 29 heavy (non-hydrogen) atoms. The maximum atomic E-state index is 9.92. The molecule has 5 nitrogen and oxygen atoms in total. The van der Waals surface area contributed by atoms with Crippen molar-refractivity contribution in [3.63, 3.8) is 0 Å². The molecule has 2 aromatic rings. The molecule has 1 saturated heterocycles. The molecule has 0 aromatic heterocycles. The smallest absolute Gasteiger partial charge is 0.172 e. The Morgan fingerprint density at radius 3 is 2.31 bits per heavy atom. The predicted molar refractivity (Wildman–Crippen MR) is 123 cm³/mol. The molecule has 6 heteroatoms. The number of para-hydroxylation sites is 2. The van der Waals surface area contributed by atoms with Crippen molar-refractivity contribution in [1.29, 1.82) is 5.16 Å². The molecule has 0 bridgehead atoms. The largest absolute Gasteiger partial charge is 0.346 e. The Labute approximate surface area is 173 Å². The molecule has 3 heterocycles. The molecule has 0 radical (unpaired) electrons. The van der Waals surface area contributed by atoms with Gasteiger partial charge in [-0.05, 0) is 36.6 Å². The lowest BCUT2D eigenvalue weighted by Crippen LogP contribution is -2.29. The second-order valence-electron chi connectivity index (χ2n) is 8.57. The van der Waals surface area contributed by atoms with Crippen LogP contribution in [0.1, 0.15) is 32.3 Å². The highest BCUT2D eigenvalue weighted by Crippen LogP contribution is 2.68. The summed E-state index contributed by atoms with van der Waals surface area (Å²) in [5.41, 5.74) is 4.62. The van der Waals surface area contributed by atoms with Gasteiger partial charge in [-0.3, -0.25) is 5.16 Å². The van der Waals surface area contributed by atoms with Crippen LogP contribution in [-0.2, 0) is 5.41 Å². The molecular formula is C23H28N5P. The van der Waals surface area contributed by atoms with E-state index in [2.05, 4.69) is 66.9 Å². The number of anilines is 2. The van der Waals surface area contributed by atoms with E-state index in [1.807, 2.05) is 29.2 Å². The lowest BCUT2D eigenvalue weighted by Gasteiger charge is -2.38. The molecule has 0 aliphatic carbocycles. The van der Waals surface area contributed by atoms with Gasteiger partial charge in [-0.2, -0.15) is 5.10 Å². The lowest BCUT2D eigenvalue weighted by molar-refractivity contribution is 0.556. The zero-order chi connectivity index (χ0) is 20.2. The van der Waals surface area contributed by atoms with Gasteiger partial charge in [0.25, 0.3) is 0 Å². The van der Waals surface area contributed by atoms with Crippen molar-refractivity contribution in [2.75, 3.05) is 29.8 Å². The Balaban J connectivity index is 1.73. The van der Waals surface area contributed by atoms with Gasteiger partial charge in [0.05, 0.1) is 17.2 Å². The zero-order valence-corrected chi connectivity index (χ0v) is 18.2. The predicted octanol–water partition coefficient (Wildman–Crippen LogP) is 5.84. The Morgan fingerprint density at radius 1 is 0.966 bits per heavy atom. The van der Waals surface area contributed by atoms with Crippen LogP contribution < -0.4 is 9.68 Å². The Hall–Kier alpha value is -2.36. The van der Waals surface area contributed by atoms with Crippen molar-refractivity contribution in [2.24, 2.45) is 5.10 Å². The third-order valence-electron chi connectivity index (χ3n) is 6.49. The molecule has 1 fully saturated rings. The van der Waals surface area contributed by atoms with E-state index in [0.29, 0.717) is 0 Å². The summed E-state index contributed by atoms with van der Waals surface area (Å²) in [5, 5.41) is 15.8. The Kier molecular flexibility index (Phi) is 4.23. The summed E-state index contributed by atoms with van der Waals surface area (Å²) < 4.78 is 4.40. The van der Waals surface area contributed by atoms with Crippen molar-refractivity contribution in [1.82, 2.24) is 4.67 Å². The molecule has 5 rings (SSSR count). The maximum absolute atomic E-state index is 9.92. The number of nitrogens with zero attached hydrogens (tertiary/aromatic N) is 4. The van der Waals surface area contributed by atoms with Crippen LogP contribution in [0.25, 0.3) is 0 Å². The number of nitrogens with one attached hydrogen (secondary N) is 1. The number of hydrogen-bond donors (Lipinski definition) is 1. The van der Waals surface area contributed by atoms with Crippen molar-refractivity contribution < 1.29 is 0 Å². The molecule has 0 unspecified atom stereocenters. The number of benzene rings is 2. The number of hydrazone groups is 1. The summed E-state index contributed by atoms with van der Waals surface area (Å²) in [4.78, 5) is 2.30. The maximum Gasteiger partial charge on any atom is 0.172 e. The topological polar surface area (TPSA) is 45.9 Å². The summed E-state index contributed by atoms with van der Waals surface area (Å²) in [6.07, 6.45) is 4.29. The van der Waals surface area contributed by atoms with Crippen LogP contribution in [0.5, 0.6) is 0 Å². The van der Waals surface area contributed by atoms with E-state index in [1.54, 1.807) is 0 Å². The van der Waals surface area contributed by atoms with Crippen molar-refractivity contribution in [3.8, 4) is 0 Å². The summed E-state index contributed by atoms with van der Waals surface area (Å²) in [6, 6.07) is 18.9. The molecule has 0 amide bonds. The quantitative estimate of drug-likeness (QED) is 0.639. The van der Waals surface area contributed by atoms with E-state index in [4.69, 9.17) is 5.10 Å². The summed E-state index contributed by atoms with van der Waals surface area (Å²) in [6.45, 7) is 6.51. The Morgan fingerprint density at radius 2 is 1.62 bits per heavy atom. The highest BCUT2D eigenvalue weighted by molar-refractivity contribution is 7.70. The SMILES string of the molecule is CN1/C(=C2\C=NN(c3ccccc3)[P@]2(=N)N2CCCC2)C(C)(C)c2ccccc21. The van der Waals surface area contributed by atoms with E-state index in [0.717, 1.165) is 36.9 Å². The van der Waals surface area contributed by atoms with Gasteiger partial charge in [0.2, 0.25) is 0 Å². The average molecular weight is 405 g/mol. The lowest BCUT2D eigenvalue weighted by atomic mass is 9.84. The fourth-order valence-corrected chi connectivity index (χ4v) is 8.30. The van der Waals surface area contributed by atoms with E-state index >= 15 is 0 Å². The minimum atomic E-state index is -2.57. The van der Waals surface area contributed by atoms with Crippen LogP contribution in [0.3, 0.4) is 0 Å². The van der Waals surface area contributed by atoms with Crippen LogP contribution in [0.2, 0.25) is 0 Å². The van der Waals surface area contributed by atoms with Gasteiger partial charge in [-0.25, -0.2) is 9.45 Å². The summed E-state index contributed by atoms with van der Waals surface area (Å²) >= 11 is 0. The molecule has 0 saturated carbocycles. The molecular weight excluding hydrogens is 377 g/mol. The minimum Gasteiger partial charge on any atom is -0.346 e. The van der Waals surface area contributed by atoms with Gasteiger partial charge in [0, 0.05) is 36.9 Å². The van der Waals surface area contributed by atoms with Crippen LogP contribution in [0, 0.1) is 5.16 Å². The van der Waals surface area contributed by atoms with Gasteiger partial charge in [-0.15, -0.1) is 0 Å². The molecule has 2 aromatic carbocycles. The minimum absolute atomic E-state index is 0.161. The molecule has 0 spiro atoms. The average Bonchev–Trinajstić information content (AvgIpc) is 3.42. The standard InChI is InChI=1S/C23H28N5P/c1-23(2)19-13-7-8-14-20(19)26(3)22(23)21-17-25-28(18-11-5-4-6-12-18)29(21,24)27-15-9-10-16-27/h4-8,11-14,17,24H,9-10,15-16H2,1-3H3/b22-21+/t29-/m1/s1. The number of hydrogen-bond acceptors (Lipinski definition) is 3. The van der Waals surface area contributed by atoms with Gasteiger partial charge in [0.15, 0.2) is 7.36 Å². The third-order valence-corrected chi connectivity index (χ3v) is 9.59. The zero-order valence-electron chi connectivity index (χ0n) is 17.3. The fraction of sp³-hybridized carbons (Fsp3) is 0.348. The summed E-state index contributed by atoms with van der Waals surface area (Å²) in [7, 11) is -0.430. The number of likely N-dealkylation sites (N-methyl/N-ethyl adjacent to an activating group) is 1. The van der Waals surface area contributed by atoms with Crippen molar-refractivity contribution in [3.05, 3.63) is 71.2 Å². The van der Waals surface area contributed by atoms with E-state index in [1.165, 1.54) is 16.9 Å². The number of rotatable bonds is 2. The van der Waals surface area contributed by atoms with Gasteiger partial charge >= 0.3 is 0 Å². The molecule has 3 aliphatic rings. The highest BCUT2D eigenvalue weighted by Gasteiger charge is 2.48. The van der Waals surface area contributed by atoms with Crippen LogP contribution in [-0.4, -0.2) is 31.0 Å². The number of fused-ring (bicyclic) bond motifs is 1. The number of allylic oxidation sites excluding steroid dienone is 2. The molecule has 150 valence electrons. The fourth-order valence-electron chi connectivity index (χ4n) is 5.09. The Bertz CT molecular complexity index is 1050. The highest BCUT2D eigenvalue weighted by atomic mass is 31.2. The normalized spacial score (nSPS) is 28.4. The van der Waals surface area contributed by atoms with E-state index < -0.39 is 7.36 Å². The molecule has 1 N–H and O–H groups in total. The van der Waals surface area contributed by atoms with Gasteiger partial charge in [0.1, 0.15) is 0 Å². The van der Waals surface area contributed by atoms with E-state index in [-0.39, 0.29) is 5.41 Å². The first-order valence-electron chi connectivity index (χ1n) is 10.3. The second kappa shape index (κ2) is 6.58. The van der Waals surface area contributed by atoms with Crippen molar-refractivity contribution >= 4 is 24.9 Å². The van der Waals surface area contributed by atoms with Crippen LogP contribution in [0.15, 0.2) is 70.7 Å². The monoisotopic (exact) mass is 405 g/mol. The first-order chi connectivity index (χ1) is 14.0. The first-order valence-corrected chi connectivity index (χ1v) is 12.0. The van der Waals surface area contributed by atoms with Gasteiger partial charge < -0.3 is 4.90 Å². The van der Waals surface area contributed by atoms with E-state index in [9.17, 15) is 5.16 Å². The van der Waals surface area contributed by atoms with Crippen LogP contribution in [0.4, 0.5) is 11.4 Å². The van der Waals surface area contributed by atoms with Crippen LogP contribution >= 0.6 is 7.36 Å². The van der Waals surface area contributed by atoms with Crippen molar-refractivity contribution in [2.45, 2.75) is 32.1 Å².